The molecule has 204 valence electrons. The van der Waals surface area contributed by atoms with E-state index in [4.69, 9.17) is 0 Å². The number of aliphatic imine (C=N–C) groups is 1. The first-order valence-corrected chi connectivity index (χ1v) is 12.5. The minimum Gasteiger partial charge on any atom is -0.406 e. The van der Waals surface area contributed by atoms with Gasteiger partial charge in [0.1, 0.15) is 17.9 Å². The van der Waals surface area contributed by atoms with E-state index in [1.807, 2.05) is 0 Å². The first-order chi connectivity index (χ1) is 19.1. The SMILES string of the molecule is Cc1c(F)cccc1N1C(=O)CS/C1=N\C(=O)Nc1ccc(-c2ncn(-c3ccc(OC(F)(F)F)cc3)n2)cc1. The van der Waals surface area contributed by atoms with Gasteiger partial charge < -0.3 is 10.1 Å². The fourth-order valence-corrected chi connectivity index (χ4v) is 4.64. The van der Waals surface area contributed by atoms with Crippen molar-refractivity contribution in [1.29, 1.82) is 0 Å². The van der Waals surface area contributed by atoms with Crippen LogP contribution in [0.2, 0.25) is 0 Å². The highest BCUT2D eigenvalue weighted by Gasteiger charge is 2.32. The third kappa shape index (κ3) is 5.96. The van der Waals surface area contributed by atoms with Crippen LogP contribution in [-0.4, -0.2) is 44.0 Å². The highest BCUT2D eigenvalue weighted by molar-refractivity contribution is 8.15. The lowest BCUT2D eigenvalue weighted by atomic mass is 10.1. The van der Waals surface area contributed by atoms with Gasteiger partial charge in [0.25, 0.3) is 0 Å². The molecule has 0 atom stereocenters. The Balaban J connectivity index is 1.26. The van der Waals surface area contributed by atoms with Crippen molar-refractivity contribution in [2.75, 3.05) is 16.0 Å². The number of anilines is 2. The molecule has 1 saturated heterocycles. The second kappa shape index (κ2) is 10.8. The molecule has 1 aliphatic heterocycles. The molecule has 1 fully saturated rings. The van der Waals surface area contributed by atoms with Crippen molar-refractivity contribution in [2.24, 2.45) is 4.99 Å². The van der Waals surface area contributed by atoms with Gasteiger partial charge in [-0.15, -0.1) is 18.3 Å². The van der Waals surface area contributed by atoms with E-state index in [9.17, 15) is 27.2 Å². The van der Waals surface area contributed by atoms with Crippen molar-refractivity contribution in [3.05, 3.63) is 84.4 Å². The molecule has 0 spiro atoms. The van der Waals surface area contributed by atoms with Crippen molar-refractivity contribution in [2.45, 2.75) is 13.3 Å². The number of carbonyl (C=O) groups excluding carboxylic acids is 2. The van der Waals surface area contributed by atoms with Gasteiger partial charge in [-0.1, -0.05) is 17.8 Å². The van der Waals surface area contributed by atoms with Gasteiger partial charge in [-0.05, 0) is 67.6 Å². The summed E-state index contributed by atoms with van der Waals surface area (Å²) in [6.07, 6.45) is -3.37. The monoisotopic (exact) mass is 570 g/mol. The average Bonchev–Trinajstić information content (AvgIpc) is 3.53. The molecule has 40 heavy (non-hydrogen) atoms. The number of amides is 3. The van der Waals surface area contributed by atoms with Crippen LogP contribution < -0.4 is 15.0 Å². The molecule has 0 saturated carbocycles. The quantitative estimate of drug-likeness (QED) is 0.298. The lowest BCUT2D eigenvalue weighted by Gasteiger charge is -2.18. The van der Waals surface area contributed by atoms with Crippen LogP contribution in [0.4, 0.5) is 33.7 Å². The van der Waals surface area contributed by atoms with Gasteiger partial charge in [-0.25, -0.2) is 18.9 Å². The van der Waals surface area contributed by atoms with Crippen LogP contribution in [0.1, 0.15) is 5.56 Å². The minimum absolute atomic E-state index is 0.0713. The molecule has 2 heterocycles. The van der Waals surface area contributed by atoms with E-state index in [1.54, 1.807) is 37.3 Å². The largest absolute Gasteiger partial charge is 0.573 e. The van der Waals surface area contributed by atoms with Crippen LogP contribution in [0.15, 0.2) is 78.0 Å². The number of hydrogen-bond acceptors (Lipinski definition) is 6. The Kier molecular flexibility index (Phi) is 7.26. The predicted molar refractivity (Wildman–Crippen MR) is 141 cm³/mol. The number of thioether (sulfide) groups is 1. The molecule has 0 unspecified atom stereocenters. The number of benzene rings is 3. The smallest absolute Gasteiger partial charge is 0.406 e. The number of aromatic nitrogens is 3. The molecule has 4 aromatic rings. The molecule has 1 aliphatic rings. The Morgan fingerprint density at radius 2 is 1.80 bits per heavy atom. The van der Waals surface area contributed by atoms with Gasteiger partial charge in [0.05, 0.1) is 17.1 Å². The third-order valence-corrected chi connectivity index (χ3v) is 6.59. The molecule has 0 bridgehead atoms. The maximum atomic E-state index is 14.0. The molecule has 0 aliphatic carbocycles. The first-order valence-electron chi connectivity index (χ1n) is 11.6. The van der Waals surface area contributed by atoms with E-state index in [-0.39, 0.29) is 28.1 Å². The normalized spacial score (nSPS) is 14.6. The van der Waals surface area contributed by atoms with Gasteiger partial charge in [0.2, 0.25) is 5.91 Å². The Labute approximate surface area is 228 Å². The average molecular weight is 571 g/mol. The Morgan fingerprint density at radius 1 is 1.07 bits per heavy atom. The Bertz CT molecular complexity index is 1600. The van der Waals surface area contributed by atoms with E-state index in [0.717, 1.165) is 11.8 Å². The predicted octanol–water partition coefficient (Wildman–Crippen LogP) is 5.95. The van der Waals surface area contributed by atoms with Crippen molar-refractivity contribution < 1.29 is 31.9 Å². The molecule has 3 aromatic carbocycles. The first kappa shape index (κ1) is 26.9. The summed E-state index contributed by atoms with van der Waals surface area (Å²) in [6, 6.07) is 15.3. The number of ether oxygens (including phenoxy) is 1. The van der Waals surface area contributed by atoms with E-state index in [1.165, 1.54) is 52.3 Å². The fourth-order valence-electron chi connectivity index (χ4n) is 3.78. The fraction of sp³-hybridized carbons (Fsp3) is 0.115. The lowest BCUT2D eigenvalue weighted by molar-refractivity contribution is -0.274. The summed E-state index contributed by atoms with van der Waals surface area (Å²) in [5.74, 6) is -0.724. The molecule has 14 heteroatoms. The second-order valence-corrected chi connectivity index (χ2v) is 9.30. The molecular weight excluding hydrogens is 552 g/mol. The minimum atomic E-state index is -4.78. The molecule has 0 radical (unpaired) electrons. The molecule has 3 amide bonds. The van der Waals surface area contributed by atoms with Gasteiger partial charge in [-0.2, -0.15) is 4.99 Å². The number of alkyl halides is 3. The van der Waals surface area contributed by atoms with Crippen molar-refractivity contribution >= 4 is 40.2 Å². The standard InChI is InChI=1S/C26H18F4N6O3S/c1-15-20(27)3-2-4-21(15)36-22(37)13-40-25(36)33-24(38)32-17-7-5-16(6-8-17)23-31-14-35(34-23)18-9-11-19(12-10-18)39-26(28,29)30/h2-12,14H,13H2,1H3,(H,32,38)/b33-25-. The topological polar surface area (TPSA) is 102 Å². The summed E-state index contributed by atoms with van der Waals surface area (Å²) in [5.41, 5.74) is 2.10. The van der Waals surface area contributed by atoms with Gasteiger partial charge in [0.15, 0.2) is 11.0 Å². The highest BCUT2D eigenvalue weighted by atomic mass is 32.2. The van der Waals surface area contributed by atoms with Gasteiger partial charge in [-0.3, -0.25) is 9.69 Å². The zero-order valence-electron chi connectivity index (χ0n) is 20.5. The molecule has 1 N–H and O–H groups in total. The van der Waals surface area contributed by atoms with Crippen LogP contribution >= 0.6 is 11.8 Å². The van der Waals surface area contributed by atoms with Crippen LogP contribution in [0.5, 0.6) is 5.75 Å². The van der Waals surface area contributed by atoms with E-state index in [0.29, 0.717) is 28.5 Å². The number of rotatable bonds is 5. The number of halogens is 4. The molecule has 9 nitrogen and oxygen atoms in total. The number of hydrogen-bond donors (Lipinski definition) is 1. The number of nitrogens with zero attached hydrogens (tertiary/aromatic N) is 5. The van der Waals surface area contributed by atoms with Crippen LogP contribution in [0, 0.1) is 12.7 Å². The Morgan fingerprint density at radius 3 is 2.50 bits per heavy atom. The van der Waals surface area contributed by atoms with E-state index >= 15 is 0 Å². The second-order valence-electron chi connectivity index (χ2n) is 8.36. The summed E-state index contributed by atoms with van der Waals surface area (Å²) in [7, 11) is 0. The zero-order chi connectivity index (χ0) is 28.4. The lowest BCUT2D eigenvalue weighted by Crippen LogP contribution is -2.31. The van der Waals surface area contributed by atoms with Gasteiger partial charge in [0, 0.05) is 16.8 Å². The molecule has 5 rings (SSSR count). The third-order valence-electron chi connectivity index (χ3n) is 5.66. The van der Waals surface area contributed by atoms with Crippen LogP contribution in [-0.2, 0) is 4.79 Å². The number of nitrogens with one attached hydrogen (secondary N) is 1. The maximum absolute atomic E-state index is 14.0. The number of carbonyl (C=O) groups is 2. The summed E-state index contributed by atoms with van der Waals surface area (Å²) in [4.78, 5) is 34.5. The summed E-state index contributed by atoms with van der Waals surface area (Å²) < 4.78 is 56.4. The van der Waals surface area contributed by atoms with Crippen molar-refractivity contribution in [3.8, 4) is 22.8 Å². The number of urea groups is 1. The number of amidine groups is 1. The zero-order valence-corrected chi connectivity index (χ0v) is 21.3. The van der Waals surface area contributed by atoms with Crippen LogP contribution in [0.3, 0.4) is 0 Å². The van der Waals surface area contributed by atoms with E-state index < -0.39 is 18.2 Å². The maximum Gasteiger partial charge on any atom is 0.573 e. The highest BCUT2D eigenvalue weighted by Crippen LogP contribution is 2.31. The van der Waals surface area contributed by atoms with E-state index in [2.05, 4.69) is 25.1 Å². The van der Waals surface area contributed by atoms with Crippen molar-refractivity contribution in [3.63, 3.8) is 0 Å². The summed E-state index contributed by atoms with van der Waals surface area (Å²) >= 11 is 1.08. The summed E-state index contributed by atoms with van der Waals surface area (Å²) in [5, 5.41) is 7.10. The Hall–Kier alpha value is -4.72. The van der Waals surface area contributed by atoms with Crippen LogP contribution in [0.25, 0.3) is 17.1 Å². The van der Waals surface area contributed by atoms with Crippen molar-refractivity contribution in [1.82, 2.24) is 14.8 Å². The van der Waals surface area contributed by atoms with Gasteiger partial charge >= 0.3 is 12.4 Å². The summed E-state index contributed by atoms with van der Waals surface area (Å²) in [6.45, 7) is 1.54. The molecule has 1 aromatic heterocycles. The molecular formula is C26H18F4N6O3S.